The molecule has 1 aromatic carbocycles. The molecule has 0 saturated carbocycles. The van der Waals surface area contributed by atoms with Crippen LogP contribution < -0.4 is 10.1 Å². The van der Waals surface area contributed by atoms with Gasteiger partial charge in [0.1, 0.15) is 5.75 Å². The van der Waals surface area contributed by atoms with Crippen LogP contribution in [0.5, 0.6) is 5.75 Å². The molecular weight excluding hydrogens is 322 g/mol. The van der Waals surface area contributed by atoms with Crippen LogP contribution in [0.1, 0.15) is 11.3 Å². The summed E-state index contributed by atoms with van der Waals surface area (Å²) in [6, 6.07) is 6.78. The number of nitrogens with one attached hydrogen (secondary N) is 1. The van der Waals surface area contributed by atoms with Crippen molar-refractivity contribution >= 4 is 23.0 Å². The Labute approximate surface area is 138 Å². The maximum atomic E-state index is 12.5. The Hall–Kier alpha value is -2.22. The van der Waals surface area contributed by atoms with Crippen LogP contribution in [0.3, 0.4) is 0 Å². The predicted octanol–water partition coefficient (Wildman–Crippen LogP) is 3.16. The van der Waals surface area contributed by atoms with Crippen molar-refractivity contribution in [3.05, 3.63) is 41.7 Å². The van der Waals surface area contributed by atoms with Crippen molar-refractivity contribution in [1.29, 1.82) is 0 Å². The highest BCUT2D eigenvalue weighted by molar-refractivity contribution is 7.80. The lowest BCUT2D eigenvalue weighted by Crippen LogP contribution is -2.31. The van der Waals surface area contributed by atoms with Crippen molar-refractivity contribution in [3.63, 3.8) is 0 Å². The van der Waals surface area contributed by atoms with Gasteiger partial charge in [-0.1, -0.05) is 6.07 Å². The molecule has 5 nitrogen and oxygen atoms in total. The highest BCUT2D eigenvalue weighted by atomic mass is 32.1. The molecule has 0 radical (unpaired) electrons. The Kier molecular flexibility index (Phi) is 5.49. The number of hydrogen-bond acceptors (Lipinski definition) is 3. The molecule has 0 aliphatic carbocycles. The molecule has 8 heteroatoms. The Bertz CT molecular complexity index is 690. The number of hydrogen-bond donors (Lipinski definition) is 1. The predicted molar refractivity (Wildman–Crippen MR) is 88.7 cm³/mol. The van der Waals surface area contributed by atoms with Gasteiger partial charge in [0.2, 0.25) is 0 Å². The third-order valence-electron chi connectivity index (χ3n) is 3.11. The molecule has 0 aliphatic heterocycles. The molecule has 23 heavy (non-hydrogen) atoms. The first-order chi connectivity index (χ1) is 10.8. The van der Waals surface area contributed by atoms with E-state index in [1.165, 1.54) is 6.07 Å². The maximum Gasteiger partial charge on any atom is 0.387 e. The first-order valence-electron chi connectivity index (χ1n) is 6.91. The molecule has 0 unspecified atom stereocenters. The van der Waals surface area contributed by atoms with Gasteiger partial charge in [0.15, 0.2) is 5.11 Å². The second kappa shape index (κ2) is 7.36. The van der Waals surface area contributed by atoms with Gasteiger partial charge in [0.05, 0.1) is 17.9 Å². The van der Waals surface area contributed by atoms with E-state index in [4.69, 9.17) is 12.2 Å². The Morgan fingerprint density at radius 3 is 2.78 bits per heavy atom. The Morgan fingerprint density at radius 1 is 1.43 bits per heavy atom. The summed E-state index contributed by atoms with van der Waals surface area (Å²) >= 11 is 5.32. The number of alkyl halides is 2. The lowest BCUT2D eigenvalue weighted by atomic mass is 10.2. The van der Waals surface area contributed by atoms with Crippen molar-refractivity contribution in [3.8, 4) is 5.75 Å². The number of aryl methyl sites for hydroxylation is 2. The first kappa shape index (κ1) is 17.1. The Balaban J connectivity index is 2.08. The lowest BCUT2D eigenvalue weighted by Gasteiger charge is -2.21. The van der Waals surface area contributed by atoms with E-state index in [2.05, 4.69) is 15.2 Å². The van der Waals surface area contributed by atoms with Gasteiger partial charge in [-0.15, -0.1) is 0 Å². The number of benzene rings is 1. The zero-order chi connectivity index (χ0) is 17.0. The molecule has 2 rings (SSSR count). The van der Waals surface area contributed by atoms with E-state index in [1.807, 2.05) is 26.2 Å². The molecule has 124 valence electrons. The zero-order valence-corrected chi connectivity index (χ0v) is 13.9. The summed E-state index contributed by atoms with van der Waals surface area (Å²) in [4.78, 5) is 1.77. The van der Waals surface area contributed by atoms with E-state index in [-0.39, 0.29) is 5.75 Å². The van der Waals surface area contributed by atoms with Gasteiger partial charge in [0.25, 0.3) is 0 Å². The summed E-state index contributed by atoms with van der Waals surface area (Å²) < 4.78 is 31.2. The van der Waals surface area contributed by atoms with E-state index in [0.29, 0.717) is 17.3 Å². The quantitative estimate of drug-likeness (QED) is 0.847. The molecule has 0 fully saturated rings. The van der Waals surface area contributed by atoms with E-state index in [1.54, 1.807) is 28.8 Å². The molecular formula is C15H18F2N4OS. The minimum Gasteiger partial charge on any atom is -0.433 e. The van der Waals surface area contributed by atoms with E-state index >= 15 is 0 Å². The second-order valence-corrected chi connectivity index (χ2v) is 5.53. The molecule has 0 spiro atoms. The summed E-state index contributed by atoms with van der Waals surface area (Å²) in [6.45, 7) is -0.528. The minimum atomic E-state index is -2.89. The maximum absolute atomic E-state index is 12.5. The monoisotopic (exact) mass is 340 g/mol. The van der Waals surface area contributed by atoms with Gasteiger partial charge in [-0.2, -0.15) is 13.9 Å². The lowest BCUT2D eigenvalue weighted by molar-refractivity contribution is -0.0493. The molecule has 1 N–H and O–H groups in total. The van der Waals surface area contributed by atoms with E-state index < -0.39 is 6.61 Å². The second-order valence-electron chi connectivity index (χ2n) is 5.15. The van der Waals surface area contributed by atoms with Gasteiger partial charge in [0, 0.05) is 20.3 Å². The zero-order valence-electron chi connectivity index (χ0n) is 13.1. The van der Waals surface area contributed by atoms with Crippen molar-refractivity contribution in [2.24, 2.45) is 7.05 Å². The molecule has 0 bridgehead atoms. The van der Waals surface area contributed by atoms with Crippen LogP contribution >= 0.6 is 12.2 Å². The fraction of sp³-hybridized carbons (Fsp3) is 0.333. The van der Waals surface area contributed by atoms with Gasteiger partial charge < -0.3 is 15.0 Å². The van der Waals surface area contributed by atoms with Crippen LogP contribution in [0, 0.1) is 6.92 Å². The van der Waals surface area contributed by atoms with Crippen LogP contribution in [0.15, 0.2) is 30.5 Å². The topological polar surface area (TPSA) is 42.3 Å². The molecule has 1 heterocycles. The fourth-order valence-corrected chi connectivity index (χ4v) is 2.19. The highest BCUT2D eigenvalue weighted by Gasteiger charge is 2.13. The highest BCUT2D eigenvalue weighted by Crippen LogP contribution is 2.27. The van der Waals surface area contributed by atoms with Gasteiger partial charge >= 0.3 is 6.61 Å². The van der Waals surface area contributed by atoms with E-state index in [9.17, 15) is 8.78 Å². The summed E-state index contributed by atoms with van der Waals surface area (Å²) in [5.41, 5.74) is 2.17. The van der Waals surface area contributed by atoms with Crippen LogP contribution in [0.4, 0.5) is 14.5 Å². The molecule has 0 atom stereocenters. The van der Waals surface area contributed by atoms with Crippen molar-refractivity contribution in [1.82, 2.24) is 14.7 Å². The average Bonchev–Trinajstić information content (AvgIpc) is 2.86. The third-order valence-corrected chi connectivity index (χ3v) is 3.52. The number of ether oxygens (including phenoxy) is 1. The summed E-state index contributed by atoms with van der Waals surface area (Å²) in [5, 5.41) is 7.61. The van der Waals surface area contributed by atoms with E-state index in [0.717, 1.165) is 11.3 Å². The first-order valence-corrected chi connectivity index (χ1v) is 7.32. The summed E-state index contributed by atoms with van der Waals surface area (Å²) in [5.74, 6) is 0.0548. The standard InChI is InChI=1S/C15H18F2N4OS/c1-10-4-5-13(22-14(16)17)12(8-10)18-15(23)20(2)9-11-6-7-21(3)19-11/h4-8,14H,9H2,1-3H3,(H,18,23). The number of thiocarbonyl (C=S) groups is 1. The molecule has 0 amide bonds. The average molecular weight is 340 g/mol. The number of anilines is 1. The van der Waals surface area contributed by atoms with Crippen LogP contribution in [0.2, 0.25) is 0 Å². The smallest absolute Gasteiger partial charge is 0.387 e. The van der Waals surface area contributed by atoms with Crippen LogP contribution in [-0.2, 0) is 13.6 Å². The number of aromatic nitrogens is 2. The number of rotatable bonds is 5. The number of nitrogens with zero attached hydrogens (tertiary/aromatic N) is 3. The SMILES string of the molecule is Cc1ccc(OC(F)F)c(NC(=S)N(C)Cc2ccn(C)n2)c1. The fourth-order valence-electron chi connectivity index (χ4n) is 2.01. The summed E-state index contributed by atoms with van der Waals surface area (Å²) in [6.07, 6.45) is 1.84. The van der Waals surface area contributed by atoms with Crippen LogP contribution in [-0.4, -0.2) is 33.5 Å². The van der Waals surface area contributed by atoms with Crippen LogP contribution in [0.25, 0.3) is 0 Å². The third kappa shape index (κ3) is 4.88. The van der Waals surface area contributed by atoms with Gasteiger partial charge in [-0.25, -0.2) is 0 Å². The van der Waals surface area contributed by atoms with Gasteiger partial charge in [-0.05, 0) is 42.9 Å². The molecule has 0 aliphatic rings. The Morgan fingerprint density at radius 2 is 2.17 bits per heavy atom. The van der Waals surface area contributed by atoms with Crippen molar-refractivity contribution in [2.45, 2.75) is 20.1 Å². The summed E-state index contributed by atoms with van der Waals surface area (Å²) in [7, 11) is 3.63. The normalized spacial score (nSPS) is 10.7. The molecule has 2 aromatic rings. The van der Waals surface area contributed by atoms with Crippen molar-refractivity contribution < 1.29 is 13.5 Å². The largest absolute Gasteiger partial charge is 0.433 e. The number of halogens is 2. The van der Waals surface area contributed by atoms with Gasteiger partial charge in [-0.3, -0.25) is 4.68 Å². The minimum absolute atomic E-state index is 0.0548. The van der Waals surface area contributed by atoms with Crippen molar-refractivity contribution in [2.75, 3.05) is 12.4 Å². The molecule has 1 aromatic heterocycles. The molecule has 0 saturated heterocycles.